The molecular weight excluding hydrogens is 416 g/mol. The summed E-state index contributed by atoms with van der Waals surface area (Å²) < 4.78 is 3.22. The SMILES string of the molecule is Brc1cc(Br)cc(Br)c1.Sc1ccccc1. The molecular formula is C12H9Br3S. The predicted molar refractivity (Wildman–Crippen MR) is 83.2 cm³/mol. The summed E-state index contributed by atoms with van der Waals surface area (Å²) in [7, 11) is 0. The largest absolute Gasteiger partial charge is 0.143 e. The maximum atomic E-state index is 4.08. The average molecular weight is 425 g/mol. The lowest BCUT2D eigenvalue weighted by molar-refractivity contribution is 1.48. The highest BCUT2D eigenvalue weighted by Gasteiger charge is 1.91. The minimum absolute atomic E-state index is 1.02. The van der Waals surface area contributed by atoms with Crippen LogP contribution in [0.1, 0.15) is 0 Å². The summed E-state index contributed by atoms with van der Waals surface area (Å²) in [6, 6.07) is 15.8. The lowest BCUT2D eigenvalue weighted by Gasteiger charge is -1.92. The van der Waals surface area contributed by atoms with Gasteiger partial charge in [0.25, 0.3) is 0 Å². The highest BCUT2D eigenvalue weighted by atomic mass is 79.9. The normalized spacial score (nSPS) is 9.25. The Labute approximate surface area is 126 Å². The Morgan fingerprint density at radius 2 is 1.06 bits per heavy atom. The van der Waals surface area contributed by atoms with Gasteiger partial charge in [0.1, 0.15) is 0 Å². The van der Waals surface area contributed by atoms with Crippen molar-refractivity contribution in [3.05, 3.63) is 61.9 Å². The van der Waals surface area contributed by atoms with Gasteiger partial charge >= 0.3 is 0 Å². The van der Waals surface area contributed by atoms with Crippen molar-refractivity contribution in [3.63, 3.8) is 0 Å². The molecule has 0 fully saturated rings. The van der Waals surface area contributed by atoms with E-state index in [4.69, 9.17) is 0 Å². The molecule has 0 saturated heterocycles. The van der Waals surface area contributed by atoms with Gasteiger partial charge in [0.05, 0.1) is 0 Å². The maximum absolute atomic E-state index is 4.08. The van der Waals surface area contributed by atoms with Crippen LogP contribution in [0.5, 0.6) is 0 Å². The van der Waals surface area contributed by atoms with Crippen LogP contribution in [0.2, 0.25) is 0 Å². The highest BCUT2D eigenvalue weighted by molar-refractivity contribution is 9.11. The molecule has 16 heavy (non-hydrogen) atoms. The fraction of sp³-hybridized carbons (Fsp3) is 0. The quantitative estimate of drug-likeness (QED) is 0.496. The molecule has 0 atom stereocenters. The highest BCUT2D eigenvalue weighted by Crippen LogP contribution is 2.23. The molecule has 0 bridgehead atoms. The zero-order chi connectivity index (χ0) is 12.0. The summed E-state index contributed by atoms with van der Waals surface area (Å²) in [5.41, 5.74) is 0. The van der Waals surface area contributed by atoms with E-state index in [2.05, 4.69) is 60.4 Å². The van der Waals surface area contributed by atoms with Crippen LogP contribution in [0, 0.1) is 0 Å². The molecule has 0 nitrogen and oxygen atoms in total. The molecule has 0 aliphatic heterocycles. The third-order valence-electron chi connectivity index (χ3n) is 1.58. The van der Waals surface area contributed by atoms with Gasteiger partial charge in [0.2, 0.25) is 0 Å². The van der Waals surface area contributed by atoms with Crippen LogP contribution in [0.15, 0.2) is 66.8 Å². The number of thiol groups is 1. The first-order chi connectivity index (χ1) is 7.58. The van der Waals surface area contributed by atoms with E-state index >= 15 is 0 Å². The van der Waals surface area contributed by atoms with Crippen molar-refractivity contribution < 1.29 is 0 Å². The summed E-state index contributed by atoms with van der Waals surface area (Å²) in [6.45, 7) is 0. The van der Waals surface area contributed by atoms with E-state index < -0.39 is 0 Å². The molecule has 0 aromatic heterocycles. The van der Waals surface area contributed by atoms with Gasteiger partial charge in [-0.25, -0.2) is 0 Å². The predicted octanol–water partition coefficient (Wildman–Crippen LogP) is 5.95. The first-order valence-electron chi connectivity index (χ1n) is 4.43. The molecule has 84 valence electrons. The number of hydrogen-bond acceptors (Lipinski definition) is 1. The summed E-state index contributed by atoms with van der Waals surface area (Å²) in [4.78, 5) is 1.02. The molecule has 0 N–H and O–H groups in total. The second-order valence-corrected chi connectivity index (χ2v) is 6.19. The van der Waals surface area contributed by atoms with Gasteiger partial charge in [-0.05, 0) is 30.3 Å². The van der Waals surface area contributed by atoms with Crippen molar-refractivity contribution in [2.45, 2.75) is 4.90 Å². The van der Waals surface area contributed by atoms with Gasteiger partial charge < -0.3 is 0 Å². The van der Waals surface area contributed by atoms with Crippen molar-refractivity contribution in [1.82, 2.24) is 0 Å². The fourth-order valence-corrected chi connectivity index (χ4v) is 3.52. The molecule has 0 saturated carbocycles. The van der Waals surface area contributed by atoms with E-state index in [9.17, 15) is 0 Å². The van der Waals surface area contributed by atoms with Crippen molar-refractivity contribution >= 4 is 60.4 Å². The first-order valence-corrected chi connectivity index (χ1v) is 7.26. The van der Waals surface area contributed by atoms with Gasteiger partial charge in [-0.15, -0.1) is 12.6 Å². The summed E-state index contributed by atoms with van der Waals surface area (Å²) in [6.07, 6.45) is 0. The van der Waals surface area contributed by atoms with Gasteiger partial charge in [-0.3, -0.25) is 0 Å². The van der Waals surface area contributed by atoms with E-state index in [0.29, 0.717) is 0 Å². The van der Waals surface area contributed by atoms with Crippen LogP contribution in [0.4, 0.5) is 0 Å². The molecule has 2 aromatic rings. The number of hydrogen-bond donors (Lipinski definition) is 1. The van der Waals surface area contributed by atoms with E-state index in [-0.39, 0.29) is 0 Å². The smallest absolute Gasteiger partial charge is 0.0197 e. The van der Waals surface area contributed by atoms with Gasteiger partial charge in [-0.2, -0.15) is 0 Å². The zero-order valence-electron chi connectivity index (χ0n) is 8.20. The average Bonchev–Trinajstić information content (AvgIpc) is 2.17. The van der Waals surface area contributed by atoms with Crippen molar-refractivity contribution in [2.24, 2.45) is 0 Å². The molecule has 2 rings (SSSR count). The summed E-state index contributed by atoms with van der Waals surface area (Å²) in [5, 5.41) is 0. The third kappa shape index (κ3) is 6.09. The van der Waals surface area contributed by atoms with Gasteiger partial charge in [0, 0.05) is 18.3 Å². The minimum atomic E-state index is 1.02. The van der Waals surface area contributed by atoms with Crippen molar-refractivity contribution in [2.75, 3.05) is 0 Å². The van der Waals surface area contributed by atoms with Crippen molar-refractivity contribution in [3.8, 4) is 0 Å². The second kappa shape index (κ2) is 7.54. The standard InChI is InChI=1S/C6H3Br3.C6H6S/c7-4-1-5(8)3-6(9)2-4;7-6-4-2-1-3-5-6/h1-3H;1-5,7H. The Hall–Kier alpha value is 0.230. The first kappa shape index (κ1) is 14.3. The molecule has 0 radical (unpaired) electrons. The van der Waals surface area contributed by atoms with Crippen LogP contribution in [-0.2, 0) is 0 Å². The molecule has 0 spiro atoms. The van der Waals surface area contributed by atoms with Crippen LogP contribution >= 0.6 is 60.4 Å². The minimum Gasteiger partial charge on any atom is -0.143 e. The summed E-state index contributed by atoms with van der Waals surface area (Å²) >= 11 is 14.1. The van der Waals surface area contributed by atoms with Crippen LogP contribution in [-0.4, -0.2) is 0 Å². The molecule has 0 heterocycles. The van der Waals surface area contributed by atoms with E-state index in [1.54, 1.807) is 0 Å². The summed E-state index contributed by atoms with van der Waals surface area (Å²) in [5.74, 6) is 0. The fourth-order valence-electron chi connectivity index (χ4n) is 0.948. The number of rotatable bonds is 0. The number of benzene rings is 2. The van der Waals surface area contributed by atoms with Crippen molar-refractivity contribution in [1.29, 1.82) is 0 Å². The molecule has 4 heteroatoms. The monoisotopic (exact) mass is 422 g/mol. The molecule has 0 amide bonds. The Kier molecular flexibility index (Phi) is 6.73. The van der Waals surface area contributed by atoms with Crippen LogP contribution in [0.3, 0.4) is 0 Å². The molecule has 0 aliphatic rings. The Bertz CT molecular complexity index is 393. The zero-order valence-corrected chi connectivity index (χ0v) is 13.9. The van der Waals surface area contributed by atoms with E-state index in [0.717, 1.165) is 18.3 Å². The maximum Gasteiger partial charge on any atom is 0.0197 e. The lowest BCUT2D eigenvalue weighted by Crippen LogP contribution is -1.66. The lowest BCUT2D eigenvalue weighted by atomic mass is 10.4. The third-order valence-corrected chi connectivity index (χ3v) is 3.26. The Balaban J connectivity index is 0.000000165. The van der Waals surface area contributed by atoms with Crippen LogP contribution in [0.25, 0.3) is 0 Å². The Morgan fingerprint density at radius 1 is 0.688 bits per heavy atom. The van der Waals surface area contributed by atoms with Crippen LogP contribution < -0.4 is 0 Å². The van der Waals surface area contributed by atoms with Gasteiger partial charge in [-0.1, -0.05) is 66.0 Å². The Morgan fingerprint density at radius 3 is 1.31 bits per heavy atom. The van der Waals surface area contributed by atoms with E-state index in [1.807, 2.05) is 48.5 Å². The van der Waals surface area contributed by atoms with E-state index in [1.165, 1.54) is 0 Å². The molecule has 0 aliphatic carbocycles. The number of halogens is 3. The molecule has 0 unspecified atom stereocenters. The second-order valence-electron chi connectivity index (χ2n) is 2.92. The van der Waals surface area contributed by atoms with Gasteiger partial charge in [0.15, 0.2) is 0 Å². The topological polar surface area (TPSA) is 0 Å². The molecule has 2 aromatic carbocycles.